The van der Waals surface area contributed by atoms with Gasteiger partial charge in [-0.25, -0.2) is 0 Å². The van der Waals surface area contributed by atoms with Gasteiger partial charge in [0, 0.05) is 0 Å². The Kier molecular flexibility index (Phi) is 5.86. The van der Waals surface area contributed by atoms with E-state index in [0.29, 0.717) is 0 Å². The van der Waals surface area contributed by atoms with Crippen molar-refractivity contribution < 1.29 is 22.7 Å². The lowest BCUT2D eigenvalue weighted by atomic mass is 10.1. The topological polar surface area (TPSA) is 52.3 Å². The highest BCUT2D eigenvalue weighted by Gasteiger charge is 2.36. The van der Waals surface area contributed by atoms with Crippen LogP contribution in [0.2, 0.25) is 0 Å². The summed E-state index contributed by atoms with van der Waals surface area (Å²) >= 11 is 0. The Morgan fingerprint density at radius 1 is 1.16 bits per heavy atom. The monoisotopic (exact) mass is 277 g/mol. The summed E-state index contributed by atoms with van der Waals surface area (Å²) in [4.78, 5) is 11.0. The summed E-state index contributed by atoms with van der Waals surface area (Å²) < 4.78 is 42.9. The van der Waals surface area contributed by atoms with Crippen LogP contribution in [-0.2, 0) is 11.0 Å². The van der Waals surface area contributed by atoms with E-state index in [2.05, 4.69) is 0 Å². The molecule has 0 saturated carbocycles. The standard InChI is InChI=1S/C11H12F3NO2.C2H6/c1-10(2,9(15)16)17-8-6-4-3-5-7(8)11(12,13)14;1-2/h3-6H,1-2H3,(H2,15,16);1-2H3. The average molecular weight is 277 g/mol. The molecule has 0 aliphatic carbocycles. The van der Waals surface area contributed by atoms with Crippen molar-refractivity contribution in [2.45, 2.75) is 39.5 Å². The molecular formula is C13H18F3NO2. The summed E-state index contributed by atoms with van der Waals surface area (Å²) in [5, 5.41) is 0. The third-order valence-electron chi connectivity index (χ3n) is 2.15. The van der Waals surface area contributed by atoms with Gasteiger partial charge in [0.05, 0.1) is 5.56 Å². The third-order valence-corrected chi connectivity index (χ3v) is 2.15. The quantitative estimate of drug-likeness (QED) is 0.920. The molecule has 1 aromatic carbocycles. The molecule has 0 heterocycles. The molecule has 0 spiro atoms. The normalized spacial score (nSPS) is 11.3. The van der Waals surface area contributed by atoms with Gasteiger partial charge in [-0.05, 0) is 26.0 Å². The number of primary amides is 1. The predicted octanol–water partition coefficient (Wildman–Crippen LogP) is 3.37. The fraction of sp³-hybridized carbons (Fsp3) is 0.462. The molecular weight excluding hydrogens is 259 g/mol. The number of amides is 1. The number of hydrogen-bond donors (Lipinski definition) is 1. The minimum Gasteiger partial charge on any atom is -0.477 e. The van der Waals surface area contributed by atoms with E-state index in [0.717, 1.165) is 12.1 Å². The number of ether oxygens (including phenoxy) is 1. The van der Waals surface area contributed by atoms with E-state index in [4.69, 9.17) is 10.5 Å². The number of alkyl halides is 3. The number of para-hydroxylation sites is 1. The largest absolute Gasteiger partial charge is 0.477 e. The Morgan fingerprint density at radius 3 is 2.05 bits per heavy atom. The van der Waals surface area contributed by atoms with E-state index in [1.165, 1.54) is 26.0 Å². The maximum absolute atomic E-state index is 12.6. The smallest absolute Gasteiger partial charge is 0.419 e. The first-order chi connectivity index (χ1) is 8.64. The first kappa shape index (κ1) is 17.3. The lowest BCUT2D eigenvalue weighted by Crippen LogP contribution is -2.43. The second-order valence-corrected chi connectivity index (χ2v) is 3.97. The second kappa shape index (κ2) is 6.45. The highest BCUT2D eigenvalue weighted by molar-refractivity contribution is 5.82. The van der Waals surface area contributed by atoms with Crippen LogP contribution in [0.5, 0.6) is 5.75 Å². The maximum Gasteiger partial charge on any atom is 0.419 e. The molecule has 0 atom stereocenters. The molecule has 0 aliphatic rings. The number of hydrogen-bond acceptors (Lipinski definition) is 2. The molecule has 1 aromatic rings. The summed E-state index contributed by atoms with van der Waals surface area (Å²) in [7, 11) is 0. The lowest BCUT2D eigenvalue weighted by Gasteiger charge is -2.24. The van der Waals surface area contributed by atoms with Gasteiger partial charge in [-0.2, -0.15) is 13.2 Å². The van der Waals surface area contributed by atoms with Crippen LogP contribution in [-0.4, -0.2) is 11.5 Å². The van der Waals surface area contributed by atoms with Crippen molar-refractivity contribution in [1.29, 1.82) is 0 Å². The fourth-order valence-corrected chi connectivity index (χ4v) is 1.12. The van der Waals surface area contributed by atoms with Crippen molar-refractivity contribution in [2.75, 3.05) is 0 Å². The Labute approximate surface area is 110 Å². The summed E-state index contributed by atoms with van der Waals surface area (Å²) in [5.41, 5.74) is 2.60. The number of halogens is 3. The van der Waals surface area contributed by atoms with Crippen molar-refractivity contribution >= 4 is 5.91 Å². The molecule has 0 bridgehead atoms. The van der Waals surface area contributed by atoms with Gasteiger partial charge in [0.25, 0.3) is 5.91 Å². The van der Waals surface area contributed by atoms with Gasteiger partial charge in [0.15, 0.2) is 5.60 Å². The van der Waals surface area contributed by atoms with Crippen molar-refractivity contribution in [1.82, 2.24) is 0 Å². The van der Waals surface area contributed by atoms with Gasteiger partial charge in [-0.1, -0.05) is 26.0 Å². The minimum absolute atomic E-state index is 0.413. The van der Waals surface area contributed by atoms with E-state index in [1.54, 1.807) is 0 Å². The van der Waals surface area contributed by atoms with Crippen LogP contribution in [0.3, 0.4) is 0 Å². The molecule has 3 nitrogen and oxygen atoms in total. The van der Waals surface area contributed by atoms with Gasteiger partial charge in [-0.15, -0.1) is 0 Å². The number of carbonyl (C=O) groups is 1. The van der Waals surface area contributed by atoms with Gasteiger partial charge in [0.2, 0.25) is 0 Å². The zero-order valence-electron chi connectivity index (χ0n) is 11.3. The van der Waals surface area contributed by atoms with Crippen molar-refractivity contribution in [3.05, 3.63) is 29.8 Å². The Balaban J connectivity index is 0.00000154. The number of nitrogens with two attached hydrogens (primary N) is 1. The maximum atomic E-state index is 12.6. The Bertz CT molecular complexity index is 428. The molecule has 0 saturated heterocycles. The van der Waals surface area contributed by atoms with Crippen molar-refractivity contribution in [3.63, 3.8) is 0 Å². The summed E-state index contributed by atoms with van der Waals surface area (Å²) in [6, 6.07) is 4.66. The van der Waals surface area contributed by atoms with Gasteiger partial charge in [-0.3, -0.25) is 4.79 Å². The first-order valence-electron chi connectivity index (χ1n) is 5.80. The molecule has 108 valence electrons. The van der Waals surface area contributed by atoms with Gasteiger partial charge in [0.1, 0.15) is 5.75 Å². The van der Waals surface area contributed by atoms with Crippen LogP contribution in [0.4, 0.5) is 13.2 Å². The highest BCUT2D eigenvalue weighted by atomic mass is 19.4. The van der Waals surface area contributed by atoms with Crippen LogP contribution in [0.1, 0.15) is 33.3 Å². The minimum atomic E-state index is -4.54. The molecule has 0 aromatic heterocycles. The zero-order chi connectivity index (χ0) is 15.3. The molecule has 6 heteroatoms. The molecule has 0 unspecified atom stereocenters. The molecule has 19 heavy (non-hydrogen) atoms. The van der Waals surface area contributed by atoms with E-state index < -0.39 is 29.0 Å². The Hall–Kier alpha value is -1.72. The molecule has 1 amide bonds. The van der Waals surface area contributed by atoms with Crippen LogP contribution < -0.4 is 10.5 Å². The number of rotatable bonds is 3. The van der Waals surface area contributed by atoms with Crippen LogP contribution >= 0.6 is 0 Å². The third kappa shape index (κ3) is 4.81. The first-order valence-corrected chi connectivity index (χ1v) is 5.80. The van der Waals surface area contributed by atoms with Gasteiger partial charge < -0.3 is 10.5 Å². The Morgan fingerprint density at radius 2 is 1.63 bits per heavy atom. The number of carbonyl (C=O) groups excluding carboxylic acids is 1. The second-order valence-electron chi connectivity index (χ2n) is 3.97. The summed E-state index contributed by atoms with van der Waals surface area (Å²) in [5.74, 6) is -1.25. The van der Waals surface area contributed by atoms with Gasteiger partial charge >= 0.3 is 6.18 Å². The van der Waals surface area contributed by atoms with Crippen molar-refractivity contribution in [2.24, 2.45) is 5.73 Å². The summed E-state index contributed by atoms with van der Waals surface area (Å²) in [6.45, 7) is 6.62. The molecule has 1 rings (SSSR count). The molecule has 2 N–H and O–H groups in total. The SMILES string of the molecule is CC.CC(C)(Oc1ccccc1C(F)(F)F)C(N)=O. The van der Waals surface area contributed by atoms with E-state index in [-0.39, 0.29) is 0 Å². The number of benzene rings is 1. The fourth-order valence-electron chi connectivity index (χ4n) is 1.12. The van der Waals surface area contributed by atoms with Crippen LogP contribution in [0, 0.1) is 0 Å². The van der Waals surface area contributed by atoms with E-state index >= 15 is 0 Å². The lowest BCUT2D eigenvalue weighted by molar-refractivity contribution is -0.142. The average Bonchev–Trinajstić information content (AvgIpc) is 2.30. The van der Waals surface area contributed by atoms with Crippen LogP contribution in [0.15, 0.2) is 24.3 Å². The summed E-state index contributed by atoms with van der Waals surface area (Å²) in [6.07, 6.45) is -4.54. The van der Waals surface area contributed by atoms with Crippen molar-refractivity contribution in [3.8, 4) is 5.75 Å². The molecule has 0 aliphatic heterocycles. The predicted molar refractivity (Wildman–Crippen MR) is 66.7 cm³/mol. The molecule has 0 radical (unpaired) electrons. The van der Waals surface area contributed by atoms with E-state index in [9.17, 15) is 18.0 Å². The zero-order valence-corrected chi connectivity index (χ0v) is 11.3. The van der Waals surface area contributed by atoms with E-state index in [1.807, 2.05) is 13.8 Å². The molecule has 0 fully saturated rings. The highest BCUT2D eigenvalue weighted by Crippen LogP contribution is 2.37. The van der Waals surface area contributed by atoms with Crippen LogP contribution in [0.25, 0.3) is 0 Å².